The Labute approximate surface area is 172 Å². The van der Waals surface area contributed by atoms with Gasteiger partial charge in [0.15, 0.2) is 0 Å². The normalized spacial score (nSPS) is 9.54. The van der Waals surface area contributed by atoms with Gasteiger partial charge in [0, 0.05) is 12.1 Å². The van der Waals surface area contributed by atoms with Gasteiger partial charge in [-0.1, -0.05) is 94.0 Å². The highest BCUT2D eigenvalue weighted by Crippen LogP contribution is 2.15. The fraction of sp³-hybridized carbons (Fsp3) is 0.360. The monoisotopic (exact) mass is 383 g/mol. The van der Waals surface area contributed by atoms with Gasteiger partial charge >= 0.3 is 0 Å². The predicted octanol–water partition coefficient (Wildman–Crippen LogP) is 7.88. The molecule has 3 nitrogen and oxygen atoms in total. The molecule has 28 heavy (non-hydrogen) atoms. The number of nitro benzene ring substituents is 1. The second-order valence-corrected chi connectivity index (χ2v) is 5.46. The predicted molar refractivity (Wildman–Crippen MR) is 124 cm³/mol. The summed E-state index contributed by atoms with van der Waals surface area (Å²) in [6.07, 6.45) is 9.73. The first-order valence-electron chi connectivity index (χ1n) is 10.1. The Morgan fingerprint density at radius 3 is 1.79 bits per heavy atom. The molecule has 0 atom stereocenters. The molecule has 0 aliphatic carbocycles. The van der Waals surface area contributed by atoms with Gasteiger partial charge in [0.2, 0.25) is 0 Å². The van der Waals surface area contributed by atoms with E-state index in [1.54, 1.807) is 12.1 Å². The highest BCUT2D eigenvalue weighted by molar-refractivity contribution is 5.34. The molecule has 2 aromatic carbocycles. The minimum absolute atomic E-state index is 0.163. The number of hydrogen-bond acceptors (Lipinski definition) is 2. The van der Waals surface area contributed by atoms with Gasteiger partial charge in [-0.2, -0.15) is 0 Å². The molecule has 0 heterocycles. The van der Waals surface area contributed by atoms with E-state index in [-0.39, 0.29) is 10.6 Å². The van der Waals surface area contributed by atoms with Crippen LogP contribution in [0.5, 0.6) is 0 Å². The van der Waals surface area contributed by atoms with E-state index in [0.717, 1.165) is 18.4 Å². The maximum absolute atomic E-state index is 10.7. The van der Waals surface area contributed by atoms with Gasteiger partial charge in [0.05, 0.1) is 4.92 Å². The molecular formula is C25H37NO2. The Bertz CT molecular complexity index is 676. The van der Waals surface area contributed by atoms with Crippen molar-refractivity contribution >= 4 is 5.69 Å². The summed E-state index contributed by atoms with van der Waals surface area (Å²) < 4.78 is 0. The van der Waals surface area contributed by atoms with Gasteiger partial charge < -0.3 is 0 Å². The SMILES string of the molecule is C/C=C\C=C/C.CC.CC.Cc1ccc(CCc2cccc([N+](=O)[O-])c2)cc1. The molecule has 0 fully saturated rings. The van der Waals surface area contributed by atoms with E-state index in [1.807, 2.05) is 71.9 Å². The fourth-order valence-electron chi connectivity index (χ4n) is 2.09. The minimum atomic E-state index is -0.352. The molecule has 0 aromatic heterocycles. The van der Waals surface area contributed by atoms with E-state index in [9.17, 15) is 10.1 Å². The number of nitro groups is 1. The molecule has 0 unspecified atom stereocenters. The van der Waals surface area contributed by atoms with Crippen molar-refractivity contribution < 1.29 is 4.92 Å². The van der Waals surface area contributed by atoms with Crippen LogP contribution in [0.3, 0.4) is 0 Å². The fourth-order valence-corrected chi connectivity index (χ4v) is 2.09. The number of nitrogens with zero attached hydrogens (tertiary/aromatic N) is 1. The number of aryl methyl sites for hydroxylation is 3. The Morgan fingerprint density at radius 1 is 0.821 bits per heavy atom. The summed E-state index contributed by atoms with van der Waals surface area (Å²) in [4.78, 5) is 10.3. The van der Waals surface area contributed by atoms with Gasteiger partial charge in [-0.25, -0.2) is 0 Å². The summed E-state index contributed by atoms with van der Waals surface area (Å²) >= 11 is 0. The van der Waals surface area contributed by atoms with Crippen LogP contribution in [-0.4, -0.2) is 4.92 Å². The van der Waals surface area contributed by atoms with E-state index in [1.165, 1.54) is 17.2 Å². The molecule has 154 valence electrons. The van der Waals surface area contributed by atoms with Crippen LogP contribution in [0.1, 0.15) is 58.2 Å². The molecule has 0 spiro atoms. The maximum Gasteiger partial charge on any atom is 0.269 e. The van der Waals surface area contributed by atoms with Crippen LogP contribution in [0.4, 0.5) is 5.69 Å². The van der Waals surface area contributed by atoms with Gasteiger partial charge in [0.25, 0.3) is 5.69 Å². The van der Waals surface area contributed by atoms with Crippen molar-refractivity contribution in [3.63, 3.8) is 0 Å². The molecule has 0 saturated carbocycles. The first kappa shape index (κ1) is 27.5. The van der Waals surface area contributed by atoms with E-state index < -0.39 is 0 Å². The molecule has 0 aliphatic rings. The molecule has 2 aromatic rings. The maximum atomic E-state index is 10.7. The number of allylic oxidation sites excluding steroid dienone is 4. The zero-order valence-corrected chi connectivity index (χ0v) is 18.6. The topological polar surface area (TPSA) is 43.1 Å². The lowest BCUT2D eigenvalue weighted by Crippen LogP contribution is -1.93. The summed E-state index contributed by atoms with van der Waals surface area (Å²) in [5.41, 5.74) is 3.67. The van der Waals surface area contributed by atoms with E-state index in [2.05, 4.69) is 31.2 Å². The quantitative estimate of drug-likeness (QED) is 0.299. The average molecular weight is 384 g/mol. The highest BCUT2D eigenvalue weighted by Gasteiger charge is 2.05. The highest BCUT2D eigenvalue weighted by atomic mass is 16.6. The largest absolute Gasteiger partial charge is 0.269 e. The van der Waals surface area contributed by atoms with Crippen LogP contribution < -0.4 is 0 Å². The molecule has 0 aliphatic heterocycles. The van der Waals surface area contributed by atoms with Crippen LogP contribution in [0.25, 0.3) is 0 Å². The van der Waals surface area contributed by atoms with Crippen molar-refractivity contribution in [2.45, 2.75) is 61.3 Å². The van der Waals surface area contributed by atoms with E-state index in [0.29, 0.717) is 0 Å². The Hall–Kier alpha value is -2.68. The number of rotatable bonds is 5. The first-order chi connectivity index (χ1) is 13.6. The van der Waals surface area contributed by atoms with Crippen LogP contribution in [-0.2, 0) is 12.8 Å². The minimum Gasteiger partial charge on any atom is -0.258 e. The molecule has 3 heteroatoms. The van der Waals surface area contributed by atoms with Crippen LogP contribution in [0, 0.1) is 17.0 Å². The first-order valence-corrected chi connectivity index (χ1v) is 10.1. The summed E-state index contributed by atoms with van der Waals surface area (Å²) in [6.45, 7) is 14.1. The molecule has 0 saturated heterocycles. The summed E-state index contributed by atoms with van der Waals surface area (Å²) in [5, 5.41) is 10.7. The lowest BCUT2D eigenvalue weighted by Gasteiger charge is -2.03. The Kier molecular flexibility index (Phi) is 18.8. The molecule has 0 bridgehead atoms. The van der Waals surface area contributed by atoms with Crippen molar-refractivity contribution in [3.8, 4) is 0 Å². The van der Waals surface area contributed by atoms with Gasteiger partial charge in [-0.15, -0.1) is 0 Å². The molecular weight excluding hydrogens is 346 g/mol. The van der Waals surface area contributed by atoms with Gasteiger partial charge in [0.1, 0.15) is 0 Å². The smallest absolute Gasteiger partial charge is 0.258 e. The summed E-state index contributed by atoms with van der Waals surface area (Å²) in [5.74, 6) is 0. The molecule has 2 rings (SSSR count). The zero-order chi connectivity index (χ0) is 21.8. The number of hydrogen-bond donors (Lipinski definition) is 0. The Balaban J connectivity index is 0. The molecule has 0 amide bonds. The molecule has 0 radical (unpaired) electrons. The van der Waals surface area contributed by atoms with E-state index in [4.69, 9.17) is 0 Å². The summed E-state index contributed by atoms with van der Waals surface area (Å²) in [6, 6.07) is 15.2. The summed E-state index contributed by atoms with van der Waals surface area (Å²) in [7, 11) is 0. The second kappa shape index (κ2) is 19.1. The van der Waals surface area contributed by atoms with Crippen LogP contribution in [0.15, 0.2) is 72.8 Å². The van der Waals surface area contributed by atoms with Crippen molar-refractivity contribution in [2.24, 2.45) is 0 Å². The van der Waals surface area contributed by atoms with Crippen molar-refractivity contribution in [2.75, 3.05) is 0 Å². The lowest BCUT2D eigenvalue weighted by molar-refractivity contribution is -0.384. The van der Waals surface area contributed by atoms with Gasteiger partial charge in [-0.3, -0.25) is 10.1 Å². The van der Waals surface area contributed by atoms with Crippen LogP contribution in [0.2, 0.25) is 0 Å². The third kappa shape index (κ3) is 13.5. The average Bonchev–Trinajstić information content (AvgIpc) is 2.75. The molecule has 0 N–H and O–H groups in total. The van der Waals surface area contributed by atoms with Gasteiger partial charge in [-0.05, 0) is 44.7 Å². The third-order valence-corrected chi connectivity index (χ3v) is 3.44. The number of benzene rings is 2. The lowest BCUT2D eigenvalue weighted by atomic mass is 10.0. The van der Waals surface area contributed by atoms with Crippen molar-refractivity contribution in [3.05, 3.63) is 99.6 Å². The number of non-ortho nitro benzene ring substituents is 1. The van der Waals surface area contributed by atoms with Crippen molar-refractivity contribution in [1.82, 2.24) is 0 Å². The zero-order valence-electron chi connectivity index (χ0n) is 18.6. The van der Waals surface area contributed by atoms with Crippen LogP contribution >= 0.6 is 0 Å². The Morgan fingerprint density at radius 2 is 1.32 bits per heavy atom. The van der Waals surface area contributed by atoms with Crippen molar-refractivity contribution in [1.29, 1.82) is 0 Å². The second-order valence-electron chi connectivity index (χ2n) is 5.46. The standard InChI is InChI=1S/C15H15NO2.C6H10.2C2H6/c1-12-5-7-13(8-6-12)9-10-14-3-2-4-15(11-14)16(17)18;1-3-5-6-4-2;2*1-2/h2-8,11H,9-10H2,1H3;3-6H,1-2H3;2*1-2H3/b;5-3-,6-4-;;. The van der Waals surface area contributed by atoms with E-state index >= 15 is 0 Å². The third-order valence-electron chi connectivity index (χ3n) is 3.44.